The van der Waals surface area contributed by atoms with Gasteiger partial charge in [0, 0.05) is 15.9 Å². The first-order valence-electron chi connectivity index (χ1n) is 8.66. The summed E-state index contributed by atoms with van der Waals surface area (Å²) in [4.78, 5) is 25.1. The van der Waals surface area contributed by atoms with E-state index >= 15 is 0 Å². The van der Waals surface area contributed by atoms with E-state index in [1.54, 1.807) is 31.2 Å². The third-order valence-electron chi connectivity index (χ3n) is 6.55. The van der Waals surface area contributed by atoms with E-state index in [2.05, 4.69) is 67.0 Å². The van der Waals surface area contributed by atoms with Crippen LogP contribution in [-0.2, 0) is 9.53 Å². The fourth-order valence-corrected chi connectivity index (χ4v) is 9.76. The molecule has 3 aliphatic rings. The first-order valence-corrected chi connectivity index (χ1v) is 11.4. The van der Waals surface area contributed by atoms with Crippen molar-refractivity contribution in [3.05, 3.63) is 29.8 Å². The lowest BCUT2D eigenvalue weighted by Crippen LogP contribution is -2.71. The zero-order chi connectivity index (χ0) is 19.3. The highest BCUT2D eigenvalue weighted by atomic mass is 79.9. The van der Waals surface area contributed by atoms with Crippen LogP contribution in [0.15, 0.2) is 24.3 Å². The minimum Gasteiger partial charge on any atom is -0.462 e. The highest BCUT2D eigenvalue weighted by Crippen LogP contribution is 2.82. The fraction of sp³-hybridized carbons (Fsp3) is 0.579. The lowest BCUT2D eigenvalue weighted by molar-refractivity contribution is -0.155. The molecule has 2 bridgehead atoms. The maximum Gasteiger partial charge on any atom is 0.338 e. The Morgan fingerprint density at radius 1 is 1.23 bits per heavy atom. The van der Waals surface area contributed by atoms with Crippen molar-refractivity contribution < 1.29 is 14.3 Å². The van der Waals surface area contributed by atoms with Gasteiger partial charge < -0.3 is 10.1 Å². The molecule has 4 rings (SSSR count). The summed E-state index contributed by atoms with van der Waals surface area (Å²) in [6, 6.07) is 6.84. The second kappa shape index (κ2) is 6.89. The van der Waals surface area contributed by atoms with E-state index in [9.17, 15) is 9.59 Å². The van der Waals surface area contributed by atoms with Crippen molar-refractivity contribution in [2.45, 2.75) is 42.2 Å². The van der Waals surface area contributed by atoms with Crippen LogP contribution in [0.5, 0.6) is 0 Å². The molecule has 0 spiro atoms. The number of hydrogen-bond donors (Lipinski definition) is 1. The van der Waals surface area contributed by atoms with E-state index in [4.69, 9.17) is 4.74 Å². The Morgan fingerprint density at radius 3 is 2.31 bits per heavy atom. The van der Waals surface area contributed by atoms with Gasteiger partial charge >= 0.3 is 5.97 Å². The maximum atomic E-state index is 13.2. The number of ether oxygens (including phenoxy) is 1. The van der Waals surface area contributed by atoms with Gasteiger partial charge in [-0.05, 0) is 49.4 Å². The zero-order valence-electron chi connectivity index (χ0n) is 14.9. The number of carbonyl (C=O) groups excluding carboxylic acids is 2. The fourth-order valence-electron chi connectivity index (χ4n) is 4.84. The first kappa shape index (κ1) is 20.3. The number of esters is 1. The molecule has 0 aliphatic heterocycles. The normalized spacial score (nSPS) is 31.4. The molecule has 0 aromatic heterocycles. The molecule has 1 aromatic rings. The first-order chi connectivity index (χ1) is 12.1. The average Bonchev–Trinajstić information content (AvgIpc) is 3.05. The van der Waals surface area contributed by atoms with E-state index in [0.29, 0.717) is 17.9 Å². The summed E-state index contributed by atoms with van der Waals surface area (Å²) in [7, 11) is 0. The monoisotopic (exact) mass is 549 g/mol. The molecule has 1 N–H and O–H groups in total. The topological polar surface area (TPSA) is 55.4 Å². The molecule has 7 heteroatoms. The van der Waals surface area contributed by atoms with Gasteiger partial charge in [0.1, 0.15) is 0 Å². The number of fused-ring (bicyclic) bond motifs is 1. The molecule has 0 saturated heterocycles. The molecule has 3 aliphatic carbocycles. The van der Waals surface area contributed by atoms with Gasteiger partial charge in [0.15, 0.2) is 0 Å². The Hall–Kier alpha value is -0.400. The molecule has 3 saturated carbocycles. The second-order valence-corrected chi connectivity index (χ2v) is 11.5. The second-order valence-electron chi connectivity index (χ2n) is 7.55. The number of halogens is 3. The van der Waals surface area contributed by atoms with Crippen LogP contribution in [0.3, 0.4) is 0 Å². The molecule has 0 heterocycles. The standard InChI is InChI=1S/C19H22Br3NO3/c1-4-26-13(24)11-5-7-12(8-6-11)23-16(25)19-10-9-18(14(19)20,15(21)22)17(19,2)3/h5-8,14-15H,4,9-10H2,1-3H3,(H,23,25)/t14-,18+,19-/m1/s1. The lowest BCUT2D eigenvalue weighted by atomic mass is 9.43. The predicted octanol–water partition coefficient (Wildman–Crippen LogP) is 5.49. The van der Waals surface area contributed by atoms with Crippen molar-refractivity contribution in [2.24, 2.45) is 16.2 Å². The summed E-state index contributed by atoms with van der Waals surface area (Å²) >= 11 is 11.2. The lowest BCUT2D eigenvalue weighted by Gasteiger charge is -2.66. The largest absolute Gasteiger partial charge is 0.462 e. The van der Waals surface area contributed by atoms with E-state index in [1.807, 2.05) is 0 Å². The quantitative estimate of drug-likeness (QED) is 0.389. The molecule has 0 radical (unpaired) electrons. The average molecular weight is 552 g/mol. The van der Waals surface area contributed by atoms with Crippen molar-refractivity contribution in [2.75, 3.05) is 11.9 Å². The van der Waals surface area contributed by atoms with Crippen LogP contribution < -0.4 is 5.32 Å². The highest BCUT2D eigenvalue weighted by Gasteiger charge is 2.83. The minimum absolute atomic E-state index is 0.00188. The number of nitrogens with one attached hydrogen (secondary N) is 1. The van der Waals surface area contributed by atoms with Crippen LogP contribution >= 0.6 is 47.8 Å². The minimum atomic E-state index is -0.452. The molecule has 1 amide bonds. The summed E-state index contributed by atoms with van der Waals surface area (Å²) in [6.07, 6.45) is 1.82. The molecule has 142 valence electrons. The van der Waals surface area contributed by atoms with Crippen molar-refractivity contribution in [1.82, 2.24) is 0 Å². The van der Waals surface area contributed by atoms with Crippen molar-refractivity contribution in [1.29, 1.82) is 0 Å². The van der Waals surface area contributed by atoms with Crippen LogP contribution in [0.4, 0.5) is 5.69 Å². The Kier molecular flexibility index (Phi) is 5.39. The van der Waals surface area contributed by atoms with E-state index in [-0.39, 0.29) is 31.3 Å². The van der Waals surface area contributed by atoms with Gasteiger partial charge in [0.25, 0.3) is 0 Å². The van der Waals surface area contributed by atoms with Gasteiger partial charge in [-0.25, -0.2) is 4.79 Å². The van der Waals surface area contributed by atoms with Gasteiger partial charge in [-0.3, -0.25) is 4.79 Å². The van der Waals surface area contributed by atoms with Crippen LogP contribution in [-0.4, -0.2) is 27.0 Å². The van der Waals surface area contributed by atoms with Gasteiger partial charge in [-0.15, -0.1) is 0 Å². The van der Waals surface area contributed by atoms with Gasteiger partial charge in [-0.2, -0.15) is 0 Å². The van der Waals surface area contributed by atoms with E-state index in [0.717, 1.165) is 12.8 Å². The molecular weight excluding hydrogens is 530 g/mol. The molecule has 4 nitrogen and oxygen atoms in total. The third kappa shape index (κ3) is 2.49. The SMILES string of the molecule is CCOC(=O)c1ccc(NC(=O)[C@@]23CC[C@@](C(Br)Br)([C@H]2Br)C3(C)C)cc1. The van der Waals surface area contributed by atoms with Gasteiger partial charge in [0.2, 0.25) is 5.91 Å². The van der Waals surface area contributed by atoms with Crippen LogP contribution in [0, 0.1) is 16.2 Å². The van der Waals surface area contributed by atoms with E-state index < -0.39 is 5.41 Å². The number of amides is 1. The summed E-state index contributed by atoms with van der Waals surface area (Å²) in [5.41, 5.74) is 0.559. The van der Waals surface area contributed by atoms with Gasteiger partial charge in [0.05, 0.1) is 21.3 Å². The van der Waals surface area contributed by atoms with Crippen LogP contribution in [0.2, 0.25) is 0 Å². The number of anilines is 1. The molecule has 1 aromatic carbocycles. The molecular formula is C19H22Br3NO3. The van der Waals surface area contributed by atoms with E-state index in [1.165, 1.54) is 0 Å². The zero-order valence-corrected chi connectivity index (χ0v) is 19.7. The van der Waals surface area contributed by atoms with Crippen molar-refractivity contribution in [3.8, 4) is 0 Å². The number of hydrogen-bond acceptors (Lipinski definition) is 3. The number of alkyl halides is 3. The van der Waals surface area contributed by atoms with Crippen molar-refractivity contribution >= 4 is 65.4 Å². The maximum absolute atomic E-state index is 13.2. The third-order valence-corrected chi connectivity index (χ3v) is 9.78. The molecule has 3 fully saturated rings. The number of benzene rings is 1. The highest BCUT2D eigenvalue weighted by molar-refractivity contribution is 9.24. The summed E-state index contributed by atoms with van der Waals surface area (Å²) in [5.74, 6) is -0.326. The smallest absolute Gasteiger partial charge is 0.338 e. The number of carbonyl (C=O) groups is 2. The predicted molar refractivity (Wildman–Crippen MR) is 113 cm³/mol. The molecule has 3 atom stereocenters. The van der Waals surface area contributed by atoms with Crippen LogP contribution in [0.1, 0.15) is 44.0 Å². The molecule has 26 heavy (non-hydrogen) atoms. The van der Waals surface area contributed by atoms with Gasteiger partial charge in [-0.1, -0.05) is 61.6 Å². The Balaban J connectivity index is 1.78. The summed E-state index contributed by atoms with van der Waals surface area (Å²) in [5, 5.41) is 3.05. The Bertz CT molecular complexity index is 734. The van der Waals surface area contributed by atoms with Crippen LogP contribution in [0.25, 0.3) is 0 Å². The Labute approximate surface area is 179 Å². The number of rotatable bonds is 5. The van der Waals surface area contributed by atoms with Crippen molar-refractivity contribution in [3.63, 3.8) is 0 Å². The summed E-state index contributed by atoms with van der Waals surface area (Å²) in [6.45, 7) is 6.47. The summed E-state index contributed by atoms with van der Waals surface area (Å²) < 4.78 is 5.13. The Morgan fingerprint density at radius 2 is 1.85 bits per heavy atom. The molecule has 0 unspecified atom stereocenters.